The van der Waals surface area contributed by atoms with Crippen molar-refractivity contribution in [3.8, 4) is 0 Å². The molecular weight excluding hydrogens is 324 g/mol. The minimum absolute atomic E-state index is 0.307. The summed E-state index contributed by atoms with van der Waals surface area (Å²) >= 11 is 3.39. The van der Waals surface area contributed by atoms with Gasteiger partial charge in [0.15, 0.2) is 11.6 Å². The van der Waals surface area contributed by atoms with Gasteiger partial charge in [0.2, 0.25) is 0 Å². The third-order valence-corrected chi connectivity index (χ3v) is 2.76. The minimum atomic E-state index is -0.547. The van der Waals surface area contributed by atoms with E-state index in [1.807, 2.05) is 24.3 Å². The van der Waals surface area contributed by atoms with Gasteiger partial charge >= 0.3 is 6.09 Å². The highest BCUT2D eigenvalue weighted by Crippen LogP contribution is 2.19. The number of aromatic nitrogens is 2. The zero-order chi connectivity index (χ0) is 14.4. The molecule has 0 spiro atoms. The van der Waals surface area contributed by atoms with Crippen LogP contribution >= 0.6 is 15.9 Å². The number of hydrogen-bond donors (Lipinski definition) is 2. The molecule has 1 aromatic carbocycles. The summed E-state index contributed by atoms with van der Waals surface area (Å²) in [5, 5.41) is 13.4. The molecule has 0 saturated heterocycles. The van der Waals surface area contributed by atoms with Crippen molar-refractivity contribution in [2.24, 2.45) is 0 Å². The van der Waals surface area contributed by atoms with Crippen molar-refractivity contribution in [3.05, 3.63) is 40.9 Å². The number of carbonyl (C=O) groups excluding carboxylic acids is 1. The molecule has 1 amide bonds. The lowest BCUT2D eigenvalue weighted by molar-refractivity contribution is 0.168. The second-order valence-electron chi connectivity index (χ2n) is 3.78. The Morgan fingerprint density at radius 3 is 2.65 bits per heavy atom. The molecule has 6 nitrogen and oxygen atoms in total. The van der Waals surface area contributed by atoms with Crippen LogP contribution in [0.25, 0.3) is 0 Å². The molecule has 0 atom stereocenters. The summed E-state index contributed by atoms with van der Waals surface area (Å²) in [7, 11) is 0. The fourth-order valence-electron chi connectivity index (χ4n) is 1.45. The fraction of sp³-hybridized carbons (Fsp3) is 0.154. The highest BCUT2D eigenvalue weighted by Gasteiger charge is 2.04. The standard InChI is InChI=1S/C13H13BrN4O2/c1-2-20-13(19)16-12-7-6-11(17-18-12)15-10-5-3-4-9(14)8-10/h3-8H,2H2,1H3,(H,15,17)(H,16,18,19). The summed E-state index contributed by atoms with van der Waals surface area (Å²) in [6.07, 6.45) is -0.547. The molecule has 0 fully saturated rings. The molecule has 0 aliphatic heterocycles. The molecule has 1 aromatic heterocycles. The Morgan fingerprint density at radius 2 is 2.00 bits per heavy atom. The zero-order valence-corrected chi connectivity index (χ0v) is 12.3. The quantitative estimate of drug-likeness (QED) is 0.892. The van der Waals surface area contributed by atoms with Gasteiger partial charge < -0.3 is 10.1 Å². The summed E-state index contributed by atoms with van der Waals surface area (Å²) in [6, 6.07) is 11.0. The van der Waals surface area contributed by atoms with Crippen LogP contribution in [-0.4, -0.2) is 22.9 Å². The number of amides is 1. The molecule has 2 aromatic rings. The smallest absolute Gasteiger partial charge is 0.412 e. The van der Waals surface area contributed by atoms with Gasteiger partial charge in [0, 0.05) is 10.2 Å². The van der Waals surface area contributed by atoms with Crippen LogP contribution in [-0.2, 0) is 4.74 Å². The van der Waals surface area contributed by atoms with Crippen molar-refractivity contribution in [1.82, 2.24) is 10.2 Å². The third kappa shape index (κ3) is 4.20. The molecule has 0 bridgehead atoms. The fourth-order valence-corrected chi connectivity index (χ4v) is 1.85. The molecule has 104 valence electrons. The number of nitrogens with zero attached hydrogens (tertiary/aromatic N) is 2. The highest BCUT2D eigenvalue weighted by molar-refractivity contribution is 9.10. The second kappa shape index (κ2) is 6.85. The third-order valence-electron chi connectivity index (χ3n) is 2.27. The molecular formula is C13H13BrN4O2. The number of rotatable bonds is 4. The van der Waals surface area contributed by atoms with Crippen LogP contribution in [0.15, 0.2) is 40.9 Å². The van der Waals surface area contributed by atoms with E-state index >= 15 is 0 Å². The first-order chi connectivity index (χ1) is 9.67. The Labute approximate surface area is 124 Å². The van der Waals surface area contributed by atoms with E-state index in [1.165, 1.54) is 0 Å². The Kier molecular flexibility index (Phi) is 4.89. The van der Waals surface area contributed by atoms with Gasteiger partial charge in [-0.25, -0.2) is 4.79 Å². The molecule has 0 saturated carbocycles. The van der Waals surface area contributed by atoms with E-state index < -0.39 is 6.09 Å². The number of ether oxygens (including phenoxy) is 1. The Balaban J connectivity index is 1.99. The predicted molar refractivity (Wildman–Crippen MR) is 80.1 cm³/mol. The summed E-state index contributed by atoms with van der Waals surface area (Å²) in [5.41, 5.74) is 0.889. The highest BCUT2D eigenvalue weighted by atomic mass is 79.9. The summed E-state index contributed by atoms with van der Waals surface area (Å²) in [6.45, 7) is 2.04. The summed E-state index contributed by atoms with van der Waals surface area (Å²) < 4.78 is 5.71. The SMILES string of the molecule is CCOC(=O)Nc1ccc(Nc2cccc(Br)c2)nn1. The molecule has 20 heavy (non-hydrogen) atoms. The maximum Gasteiger partial charge on any atom is 0.412 e. The molecule has 0 unspecified atom stereocenters. The van der Waals surface area contributed by atoms with Crippen molar-refractivity contribution in [2.45, 2.75) is 6.92 Å². The number of carbonyl (C=O) groups is 1. The van der Waals surface area contributed by atoms with Gasteiger partial charge in [-0.05, 0) is 37.3 Å². The molecule has 7 heteroatoms. The van der Waals surface area contributed by atoms with E-state index in [1.54, 1.807) is 19.1 Å². The summed E-state index contributed by atoms with van der Waals surface area (Å²) in [4.78, 5) is 11.2. The van der Waals surface area contributed by atoms with E-state index in [-0.39, 0.29) is 0 Å². The van der Waals surface area contributed by atoms with E-state index in [4.69, 9.17) is 4.74 Å². The van der Waals surface area contributed by atoms with Gasteiger partial charge in [0.25, 0.3) is 0 Å². The number of anilines is 3. The molecule has 2 N–H and O–H groups in total. The first-order valence-electron chi connectivity index (χ1n) is 5.97. The van der Waals surface area contributed by atoms with E-state index in [9.17, 15) is 4.79 Å². The van der Waals surface area contributed by atoms with Crippen molar-refractivity contribution < 1.29 is 9.53 Å². The van der Waals surface area contributed by atoms with E-state index in [0.717, 1.165) is 10.2 Å². The average Bonchev–Trinajstić information content (AvgIpc) is 2.41. The lowest BCUT2D eigenvalue weighted by atomic mass is 10.3. The number of hydrogen-bond acceptors (Lipinski definition) is 5. The van der Waals surface area contributed by atoms with Crippen LogP contribution in [0.5, 0.6) is 0 Å². The van der Waals surface area contributed by atoms with Crippen LogP contribution < -0.4 is 10.6 Å². The predicted octanol–water partition coefficient (Wildman–Crippen LogP) is 3.55. The molecule has 0 radical (unpaired) electrons. The van der Waals surface area contributed by atoms with Crippen LogP contribution in [0, 0.1) is 0 Å². The van der Waals surface area contributed by atoms with Crippen LogP contribution in [0.1, 0.15) is 6.92 Å². The Morgan fingerprint density at radius 1 is 1.25 bits per heavy atom. The van der Waals surface area contributed by atoms with Gasteiger partial charge in [-0.1, -0.05) is 22.0 Å². The van der Waals surface area contributed by atoms with E-state index in [2.05, 4.69) is 36.8 Å². The Hall–Kier alpha value is -2.15. The first-order valence-corrected chi connectivity index (χ1v) is 6.77. The van der Waals surface area contributed by atoms with E-state index in [0.29, 0.717) is 18.2 Å². The zero-order valence-electron chi connectivity index (χ0n) is 10.8. The average molecular weight is 337 g/mol. The van der Waals surface area contributed by atoms with Gasteiger partial charge in [-0.3, -0.25) is 5.32 Å². The molecule has 0 aliphatic rings. The van der Waals surface area contributed by atoms with Crippen molar-refractivity contribution in [1.29, 1.82) is 0 Å². The normalized spacial score (nSPS) is 9.90. The van der Waals surface area contributed by atoms with Gasteiger partial charge in [-0.2, -0.15) is 0 Å². The Bertz CT molecular complexity index is 589. The monoisotopic (exact) mass is 336 g/mol. The van der Waals surface area contributed by atoms with Gasteiger partial charge in [0.1, 0.15) is 0 Å². The number of benzene rings is 1. The van der Waals surface area contributed by atoms with Crippen molar-refractivity contribution >= 4 is 39.3 Å². The van der Waals surface area contributed by atoms with Gasteiger partial charge in [-0.15, -0.1) is 10.2 Å². The maximum atomic E-state index is 11.2. The maximum absolute atomic E-state index is 11.2. The number of nitrogens with one attached hydrogen (secondary N) is 2. The lowest BCUT2D eigenvalue weighted by Crippen LogP contribution is -2.14. The topological polar surface area (TPSA) is 76.1 Å². The molecule has 1 heterocycles. The van der Waals surface area contributed by atoms with Crippen molar-refractivity contribution in [2.75, 3.05) is 17.2 Å². The van der Waals surface area contributed by atoms with Crippen LogP contribution in [0.3, 0.4) is 0 Å². The molecule has 2 rings (SSSR count). The number of halogens is 1. The second-order valence-corrected chi connectivity index (χ2v) is 4.70. The first kappa shape index (κ1) is 14.3. The minimum Gasteiger partial charge on any atom is -0.450 e. The van der Waals surface area contributed by atoms with Crippen LogP contribution in [0.4, 0.5) is 22.1 Å². The summed E-state index contributed by atoms with van der Waals surface area (Å²) in [5.74, 6) is 0.917. The lowest BCUT2D eigenvalue weighted by Gasteiger charge is -2.07. The van der Waals surface area contributed by atoms with Crippen molar-refractivity contribution in [3.63, 3.8) is 0 Å². The largest absolute Gasteiger partial charge is 0.450 e. The van der Waals surface area contributed by atoms with Crippen LogP contribution in [0.2, 0.25) is 0 Å². The van der Waals surface area contributed by atoms with Gasteiger partial charge in [0.05, 0.1) is 6.61 Å². The molecule has 0 aliphatic carbocycles.